The SMILES string of the molecule is O=C(O)CCCN1Cc2ccccc2[C@H](c2ccccc2)C1. The number of carboxylic acids is 1. The number of benzene rings is 2. The van der Waals surface area contributed by atoms with Crippen molar-refractivity contribution >= 4 is 5.97 Å². The number of nitrogens with zero attached hydrogens (tertiary/aromatic N) is 1. The van der Waals surface area contributed by atoms with Crippen LogP contribution in [0.15, 0.2) is 54.6 Å². The predicted molar refractivity (Wildman–Crippen MR) is 86.9 cm³/mol. The van der Waals surface area contributed by atoms with Crippen LogP contribution in [-0.2, 0) is 11.3 Å². The van der Waals surface area contributed by atoms with E-state index < -0.39 is 5.97 Å². The maximum absolute atomic E-state index is 10.7. The highest BCUT2D eigenvalue weighted by Gasteiger charge is 2.25. The molecule has 0 unspecified atom stereocenters. The molecule has 114 valence electrons. The van der Waals surface area contributed by atoms with Crippen LogP contribution in [0.1, 0.15) is 35.4 Å². The summed E-state index contributed by atoms with van der Waals surface area (Å²) in [5, 5.41) is 8.81. The summed E-state index contributed by atoms with van der Waals surface area (Å²) in [7, 11) is 0. The van der Waals surface area contributed by atoms with Crippen LogP contribution in [0.3, 0.4) is 0 Å². The molecule has 0 fully saturated rings. The normalized spacial score (nSPS) is 17.9. The first kappa shape index (κ1) is 14.8. The Morgan fingerprint density at radius 3 is 2.59 bits per heavy atom. The van der Waals surface area contributed by atoms with Gasteiger partial charge < -0.3 is 5.11 Å². The first-order valence-electron chi connectivity index (χ1n) is 7.81. The summed E-state index contributed by atoms with van der Waals surface area (Å²) in [4.78, 5) is 13.1. The second-order valence-electron chi connectivity index (χ2n) is 5.89. The van der Waals surface area contributed by atoms with Gasteiger partial charge in [-0.25, -0.2) is 0 Å². The molecule has 1 atom stereocenters. The summed E-state index contributed by atoms with van der Waals surface area (Å²) in [6.07, 6.45) is 0.952. The summed E-state index contributed by atoms with van der Waals surface area (Å²) in [5.41, 5.74) is 4.10. The summed E-state index contributed by atoms with van der Waals surface area (Å²) < 4.78 is 0. The molecular formula is C19H21NO2. The van der Waals surface area contributed by atoms with E-state index >= 15 is 0 Å². The first-order valence-corrected chi connectivity index (χ1v) is 7.81. The Labute approximate surface area is 131 Å². The summed E-state index contributed by atoms with van der Waals surface area (Å²) >= 11 is 0. The molecular weight excluding hydrogens is 274 g/mol. The van der Waals surface area contributed by atoms with Gasteiger partial charge in [0.05, 0.1) is 0 Å². The van der Waals surface area contributed by atoms with Crippen molar-refractivity contribution in [2.45, 2.75) is 25.3 Å². The van der Waals surface area contributed by atoms with Crippen molar-refractivity contribution in [1.82, 2.24) is 4.90 Å². The van der Waals surface area contributed by atoms with E-state index in [9.17, 15) is 4.79 Å². The minimum absolute atomic E-state index is 0.244. The van der Waals surface area contributed by atoms with Crippen LogP contribution in [0.2, 0.25) is 0 Å². The zero-order chi connectivity index (χ0) is 15.4. The Hall–Kier alpha value is -2.13. The summed E-state index contributed by atoms with van der Waals surface area (Å²) in [5.74, 6) is -0.340. The molecule has 0 saturated heterocycles. The number of carboxylic acid groups (broad SMARTS) is 1. The Balaban J connectivity index is 1.81. The van der Waals surface area contributed by atoms with Crippen molar-refractivity contribution < 1.29 is 9.90 Å². The van der Waals surface area contributed by atoms with Crippen LogP contribution in [0, 0.1) is 0 Å². The van der Waals surface area contributed by atoms with E-state index in [1.165, 1.54) is 16.7 Å². The average Bonchev–Trinajstić information content (AvgIpc) is 2.54. The van der Waals surface area contributed by atoms with Gasteiger partial charge in [-0.1, -0.05) is 54.6 Å². The number of hydrogen-bond donors (Lipinski definition) is 1. The van der Waals surface area contributed by atoms with E-state index in [1.54, 1.807) is 0 Å². The lowest BCUT2D eigenvalue weighted by atomic mass is 9.84. The zero-order valence-corrected chi connectivity index (χ0v) is 12.6. The van der Waals surface area contributed by atoms with Crippen LogP contribution in [-0.4, -0.2) is 29.1 Å². The molecule has 1 aliphatic heterocycles. The summed E-state index contributed by atoms with van der Waals surface area (Å²) in [6.45, 7) is 2.71. The number of carbonyl (C=O) groups is 1. The topological polar surface area (TPSA) is 40.5 Å². The largest absolute Gasteiger partial charge is 0.481 e. The third-order valence-corrected chi connectivity index (χ3v) is 4.33. The molecule has 0 amide bonds. The van der Waals surface area contributed by atoms with E-state index in [0.29, 0.717) is 12.3 Å². The number of aliphatic carboxylic acids is 1. The molecule has 1 heterocycles. The zero-order valence-electron chi connectivity index (χ0n) is 12.6. The minimum atomic E-state index is -0.711. The van der Waals surface area contributed by atoms with Gasteiger partial charge in [-0.15, -0.1) is 0 Å². The fourth-order valence-corrected chi connectivity index (χ4v) is 3.27. The number of rotatable bonds is 5. The Bertz CT molecular complexity index is 639. The van der Waals surface area contributed by atoms with Crippen molar-refractivity contribution in [3.8, 4) is 0 Å². The molecule has 0 radical (unpaired) electrons. The molecule has 2 aromatic rings. The third kappa shape index (κ3) is 3.37. The molecule has 0 aliphatic carbocycles. The van der Waals surface area contributed by atoms with Crippen LogP contribution >= 0.6 is 0 Å². The monoisotopic (exact) mass is 295 g/mol. The maximum atomic E-state index is 10.7. The number of fused-ring (bicyclic) bond motifs is 1. The first-order chi connectivity index (χ1) is 10.7. The van der Waals surface area contributed by atoms with Crippen LogP contribution in [0.4, 0.5) is 0 Å². The lowest BCUT2D eigenvalue weighted by Gasteiger charge is -2.35. The van der Waals surface area contributed by atoms with Gasteiger partial charge in [0.2, 0.25) is 0 Å². The van der Waals surface area contributed by atoms with Crippen LogP contribution in [0.25, 0.3) is 0 Å². The van der Waals surface area contributed by atoms with Gasteiger partial charge in [0.15, 0.2) is 0 Å². The summed E-state index contributed by atoms with van der Waals surface area (Å²) in [6, 6.07) is 19.2. The second kappa shape index (κ2) is 6.75. The van der Waals surface area contributed by atoms with E-state index in [-0.39, 0.29) is 6.42 Å². The van der Waals surface area contributed by atoms with Crippen molar-refractivity contribution in [3.05, 3.63) is 71.3 Å². The standard InChI is InChI=1S/C19H21NO2/c21-19(22)11-6-12-20-13-16-9-4-5-10-17(16)18(14-20)15-7-2-1-3-8-15/h1-5,7-10,18H,6,11-14H2,(H,21,22)/t18-/m0/s1. The van der Waals surface area contributed by atoms with Crippen molar-refractivity contribution in [2.75, 3.05) is 13.1 Å². The highest BCUT2D eigenvalue weighted by molar-refractivity contribution is 5.66. The molecule has 22 heavy (non-hydrogen) atoms. The van der Waals surface area contributed by atoms with Crippen molar-refractivity contribution in [3.63, 3.8) is 0 Å². The smallest absolute Gasteiger partial charge is 0.303 e. The average molecular weight is 295 g/mol. The van der Waals surface area contributed by atoms with Gasteiger partial charge in [-0.2, -0.15) is 0 Å². The fourth-order valence-electron chi connectivity index (χ4n) is 3.27. The van der Waals surface area contributed by atoms with Gasteiger partial charge in [0.25, 0.3) is 0 Å². The van der Waals surface area contributed by atoms with Crippen LogP contribution < -0.4 is 0 Å². The number of hydrogen-bond acceptors (Lipinski definition) is 2. The molecule has 2 aromatic carbocycles. The van der Waals surface area contributed by atoms with Gasteiger partial charge in [0, 0.05) is 25.4 Å². The molecule has 3 heteroatoms. The third-order valence-electron chi connectivity index (χ3n) is 4.33. The fraction of sp³-hybridized carbons (Fsp3) is 0.316. The molecule has 0 aromatic heterocycles. The van der Waals surface area contributed by atoms with Gasteiger partial charge >= 0.3 is 5.97 Å². The lowest BCUT2D eigenvalue weighted by Crippen LogP contribution is -2.35. The Morgan fingerprint density at radius 2 is 1.82 bits per heavy atom. The molecule has 0 saturated carbocycles. The second-order valence-corrected chi connectivity index (χ2v) is 5.89. The van der Waals surface area contributed by atoms with E-state index in [0.717, 1.165) is 19.6 Å². The highest BCUT2D eigenvalue weighted by atomic mass is 16.4. The van der Waals surface area contributed by atoms with E-state index in [2.05, 4.69) is 53.4 Å². The van der Waals surface area contributed by atoms with Crippen molar-refractivity contribution in [2.24, 2.45) is 0 Å². The van der Waals surface area contributed by atoms with E-state index in [1.807, 2.05) is 6.07 Å². The predicted octanol–water partition coefficient (Wildman–Crippen LogP) is 3.50. The lowest BCUT2D eigenvalue weighted by molar-refractivity contribution is -0.137. The molecule has 0 spiro atoms. The highest BCUT2D eigenvalue weighted by Crippen LogP contribution is 2.33. The molecule has 1 N–H and O–H groups in total. The molecule has 1 aliphatic rings. The molecule has 3 rings (SSSR count). The van der Waals surface area contributed by atoms with Gasteiger partial charge in [0.1, 0.15) is 0 Å². The molecule has 0 bridgehead atoms. The van der Waals surface area contributed by atoms with E-state index in [4.69, 9.17) is 5.11 Å². The van der Waals surface area contributed by atoms with Crippen molar-refractivity contribution in [1.29, 1.82) is 0 Å². The Morgan fingerprint density at radius 1 is 1.09 bits per heavy atom. The quantitative estimate of drug-likeness (QED) is 0.918. The molecule has 3 nitrogen and oxygen atoms in total. The van der Waals surface area contributed by atoms with Crippen LogP contribution in [0.5, 0.6) is 0 Å². The van der Waals surface area contributed by atoms with Gasteiger partial charge in [-0.05, 0) is 29.7 Å². The minimum Gasteiger partial charge on any atom is -0.481 e. The maximum Gasteiger partial charge on any atom is 0.303 e. The Kier molecular flexibility index (Phi) is 4.54. The van der Waals surface area contributed by atoms with Gasteiger partial charge in [-0.3, -0.25) is 9.69 Å².